The van der Waals surface area contributed by atoms with Crippen LogP contribution in [0.5, 0.6) is 0 Å². The quantitative estimate of drug-likeness (QED) is 0.112. The van der Waals surface area contributed by atoms with Gasteiger partial charge in [0, 0.05) is 50.5 Å². The molecule has 0 spiro atoms. The molecule has 73 heavy (non-hydrogen) atoms. The second-order valence-corrected chi connectivity index (χ2v) is 29.2. The number of para-hydroxylation sites is 2. The first-order valence-corrected chi connectivity index (χ1v) is 30.9. The van der Waals surface area contributed by atoms with Crippen LogP contribution < -0.4 is 4.40 Å². The van der Waals surface area contributed by atoms with Gasteiger partial charge in [-0.05, 0) is 83.3 Å². The number of nitrogens with zero attached hydrogens (tertiary/aromatic N) is 4. The summed E-state index contributed by atoms with van der Waals surface area (Å²) in [4.78, 5) is 14.6. The van der Waals surface area contributed by atoms with Crippen LogP contribution in [-0.2, 0) is 20.1 Å². The van der Waals surface area contributed by atoms with E-state index in [4.69, 9.17) is 30.8 Å². The Morgan fingerprint density at radius 2 is 1.25 bits per heavy atom. The predicted molar refractivity (Wildman–Crippen MR) is 303 cm³/mol. The molecule has 0 saturated heterocycles. The molecule has 0 aliphatic carbocycles. The summed E-state index contributed by atoms with van der Waals surface area (Å²) in [5.41, 5.74) is 11.5. The summed E-state index contributed by atoms with van der Waals surface area (Å²) in [6.07, 6.45) is 1.67. The normalized spacial score (nSPS) is 14.5. The van der Waals surface area contributed by atoms with Crippen LogP contribution in [0, 0.1) is 39.5 Å². The van der Waals surface area contributed by atoms with Crippen molar-refractivity contribution in [2.75, 3.05) is 0 Å². The zero-order chi connectivity index (χ0) is 59.5. The van der Waals surface area contributed by atoms with E-state index in [-0.39, 0.29) is 53.8 Å². The molecular formula is C66H54GeIrN4O-2. The first kappa shape index (κ1) is 36.4. The number of aryl methyl sites for hydroxylation is 4. The third-order valence-electron chi connectivity index (χ3n) is 12.8. The molecule has 12 rings (SSSR count). The Labute approximate surface area is 461 Å². The molecule has 5 nitrogen and oxygen atoms in total. The van der Waals surface area contributed by atoms with Crippen LogP contribution in [0.1, 0.15) is 38.7 Å². The number of hydrogen-bond acceptors (Lipinski definition) is 4. The van der Waals surface area contributed by atoms with Crippen molar-refractivity contribution in [3.63, 3.8) is 0 Å². The molecule has 0 N–H and O–H groups in total. The van der Waals surface area contributed by atoms with Crippen LogP contribution in [-0.4, -0.2) is 32.8 Å². The molecule has 8 aromatic carbocycles. The van der Waals surface area contributed by atoms with Gasteiger partial charge in [-0.1, -0.05) is 144 Å². The van der Waals surface area contributed by atoms with Crippen molar-refractivity contribution in [2.24, 2.45) is 0 Å². The molecule has 4 heterocycles. The fraction of sp³-hybridized carbons (Fsp3) is 0.106. The number of hydrogen-bond donors (Lipinski definition) is 0. The van der Waals surface area contributed by atoms with E-state index in [1.807, 2.05) is 97.1 Å². The van der Waals surface area contributed by atoms with Gasteiger partial charge in [0.1, 0.15) is 0 Å². The predicted octanol–water partition coefficient (Wildman–Crippen LogP) is 16.8. The molecule has 1 radical (unpaired) electrons. The van der Waals surface area contributed by atoms with Gasteiger partial charge in [-0.15, -0.1) is 12.1 Å². The molecule has 0 aliphatic heterocycles. The van der Waals surface area contributed by atoms with Crippen molar-refractivity contribution >= 4 is 50.8 Å². The fourth-order valence-electron chi connectivity index (χ4n) is 9.30. The van der Waals surface area contributed by atoms with E-state index in [2.05, 4.69) is 87.5 Å². The minimum absolute atomic E-state index is 0. The van der Waals surface area contributed by atoms with E-state index in [1.165, 1.54) is 30.3 Å². The van der Waals surface area contributed by atoms with Crippen molar-refractivity contribution < 1.29 is 41.0 Å². The third-order valence-corrected chi connectivity index (χ3v) is 17.1. The minimum atomic E-state index is -2.60. The van der Waals surface area contributed by atoms with E-state index in [0.29, 0.717) is 39.2 Å². The van der Waals surface area contributed by atoms with E-state index >= 15 is 0 Å². The average molecular weight is 1200 g/mol. The summed E-state index contributed by atoms with van der Waals surface area (Å²) in [5.74, 6) is 6.98. The van der Waals surface area contributed by atoms with Gasteiger partial charge in [0.25, 0.3) is 0 Å². The SMILES string of the molecule is [2H]C([2H])([2H])c1c[c-]c(-c2cc(C([2H])([2H])[2H])[c]([Ge]([CH3])([CH3])[CH3])cn2)cc1.[2H]C([2H])([2H])c1cccc(C([2H])([2H])[2H])c1-c1ccc2c(n1)oc1c(-c3nc4ccccc4n3-c3ccc(-c4ccccc4)cc3-c3ccccc3)[c-]cc(-c3ccccc3)c12.[Ir]. The van der Waals surface area contributed by atoms with E-state index < -0.39 is 40.7 Å². The number of aromatic nitrogens is 4. The van der Waals surface area contributed by atoms with Crippen LogP contribution in [0.3, 0.4) is 0 Å². The molecule has 0 atom stereocenters. The second-order valence-electron chi connectivity index (χ2n) is 18.6. The zero-order valence-corrected chi connectivity index (χ0v) is 44.6. The van der Waals surface area contributed by atoms with Crippen molar-refractivity contribution in [3.05, 3.63) is 235 Å². The van der Waals surface area contributed by atoms with Crippen LogP contribution in [0.2, 0.25) is 17.3 Å². The molecule has 0 bridgehead atoms. The van der Waals surface area contributed by atoms with E-state index in [9.17, 15) is 0 Å². The van der Waals surface area contributed by atoms with Gasteiger partial charge in [-0.3, -0.25) is 4.98 Å². The Kier molecular flexibility index (Phi) is 10.3. The summed E-state index contributed by atoms with van der Waals surface area (Å²) >= 11 is -2.38. The number of fused-ring (bicyclic) bond motifs is 4. The van der Waals surface area contributed by atoms with Crippen LogP contribution >= 0.6 is 0 Å². The summed E-state index contributed by atoms with van der Waals surface area (Å²) in [6, 6.07) is 67.4. The van der Waals surface area contributed by atoms with Crippen molar-refractivity contribution in [3.8, 4) is 73.0 Å². The summed E-state index contributed by atoms with van der Waals surface area (Å²) in [6.45, 7) is -9.58. The first-order valence-electron chi connectivity index (χ1n) is 29.6. The molecule has 0 unspecified atom stereocenters. The summed E-state index contributed by atoms with van der Waals surface area (Å²) < 4.78 is 105. The maximum Gasteiger partial charge on any atom is 0.216 e. The monoisotopic (exact) mass is 1200 g/mol. The molecule has 0 fully saturated rings. The number of rotatable bonds is 8. The Morgan fingerprint density at radius 1 is 0.562 bits per heavy atom. The van der Waals surface area contributed by atoms with Crippen molar-refractivity contribution in [1.82, 2.24) is 19.5 Å². The van der Waals surface area contributed by atoms with Crippen LogP contribution in [0.25, 0.3) is 106 Å². The largest absolute Gasteiger partial charge is 0.486 e. The number of imidazole rings is 1. The van der Waals surface area contributed by atoms with Gasteiger partial charge >= 0.3 is 121 Å². The third kappa shape index (κ3) is 9.67. The van der Waals surface area contributed by atoms with Crippen LogP contribution in [0.4, 0.5) is 0 Å². The first-order chi connectivity index (χ1) is 39.8. The van der Waals surface area contributed by atoms with Crippen molar-refractivity contribution in [1.29, 1.82) is 0 Å². The topological polar surface area (TPSA) is 56.7 Å². The van der Waals surface area contributed by atoms with Gasteiger partial charge in [0.2, 0.25) is 5.71 Å². The van der Waals surface area contributed by atoms with E-state index in [1.54, 1.807) is 24.4 Å². The number of furan rings is 1. The minimum Gasteiger partial charge on any atom is -0.486 e. The maximum absolute atomic E-state index is 8.31. The Bertz CT molecular complexity index is 4370. The molecular weight excluding hydrogens is 1130 g/mol. The summed E-state index contributed by atoms with van der Waals surface area (Å²) in [7, 11) is 0. The molecule has 0 amide bonds. The molecule has 7 heteroatoms. The number of benzene rings is 8. The van der Waals surface area contributed by atoms with E-state index in [0.717, 1.165) is 59.9 Å². The number of pyridine rings is 2. The fourth-order valence-corrected chi connectivity index (χ4v) is 12.1. The second kappa shape index (κ2) is 20.6. The van der Waals surface area contributed by atoms with Gasteiger partial charge in [0.05, 0.1) is 28.1 Å². The van der Waals surface area contributed by atoms with Gasteiger partial charge in [0.15, 0.2) is 0 Å². The molecule has 0 saturated carbocycles. The Morgan fingerprint density at radius 3 is 1.92 bits per heavy atom. The van der Waals surface area contributed by atoms with Gasteiger partial charge in [-0.25, -0.2) is 4.98 Å². The Balaban J connectivity index is 0.000000271. The van der Waals surface area contributed by atoms with Gasteiger partial charge in [-0.2, -0.15) is 0 Å². The van der Waals surface area contributed by atoms with Crippen molar-refractivity contribution in [2.45, 2.75) is 44.7 Å². The average Bonchev–Trinajstić information content (AvgIpc) is 1.85. The molecule has 12 aromatic rings. The van der Waals surface area contributed by atoms with Gasteiger partial charge < -0.3 is 8.98 Å². The molecule has 0 aliphatic rings. The zero-order valence-electron chi connectivity index (χ0n) is 52.1. The Hall–Kier alpha value is -7.48. The summed E-state index contributed by atoms with van der Waals surface area (Å²) in [5, 5.41) is 1.44. The maximum atomic E-state index is 8.31. The smallest absolute Gasteiger partial charge is 0.216 e. The molecule has 4 aromatic heterocycles. The standard InChI is InChI=1S/C50H34N3O.C16H20GeN.Ir/c1-32-15-14-16-33(2)46(32)43-29-28-39-47-38(35-19-8-4-9-20-35)26-27-40(48(47)54-50(39)52-43)49-51-42-23-12-13-24-45(42)53(49)44-30-25-37(34-17-6-3-7-18-34)31-41(44)36-21-10-5-11-22-36;1-12-6-8-14(9-7-12)16-10-13(2)15(11-18-16)17(3,4)5;/h3-26,28-31H,1-2H3;6-8,10-11H,1-5H3;/q2*-1;/i2*1D3,2D3;. The van der Waals surface area contributed by atoms with Crippen LogP contribution in [0.15, 0.2) is 205 Å². The molecule has 359 valence electrons.